The molecule has 2 aromatic rings. The van der Waals surface area contributed by atoms with Gasteiger partial charge in [-0.05, 0) is 38.3 Å². The van der Waals surface area contributed by atoms with Gasteiger partial charge in [0, 0.05) is 5.69 Å². The Hall–Kier alpha value is -2.24. The van der Waals surface area contributed by atoms with Crippen LogP contribution in [0.5, 0.6) is 0 Å². The van der Waals surface area contributed by atoms with Crippen molar-refractivity contribution < 1.29 is 0 Å². The summed E-state index contributed by atoms with van der Waals surface area (Å²) in [7, 11) is 0. The van der Waals surface area contributed by atoms with Crippen molar-refractivity contribution in [3.05, 3.63) is 34.3 Å². The van der Waals surface area contributed by atoms with Gasteiger partial charge in [-0.15, -0.1) is 5.10 Å². The highest BCUT2D eigenvalue weighted by molar-refractivity contribution is 5.99. The maximum Gasteiger partial charge on any atom is 0.187 e. The van der Waals surface area contributed by atoms with Crippen molar-refractivity contribution >= 4 is 5.84 Å². The topological polar surface area (TPSA) is 93.5 Å². The zero-order valence-corrected chi connectivity index (χ0v) is 12.4. The average Bonchev–Trinajstić information content (AvgIpc) is 2.75. The first kappa shape index (κ1) is 14.2. The summed E-state index contributed by atoms with van der Waals surface area (Å²) in [4.78, 5) is 0. The normalized spacial score (nSPS) is 10.8. The molecule has 0 aliphatic rings. The summed E-state index contributed by atoms with van der Waals surface area (Å²) in [5.41, 5.74) is 10.2. The lowest BCUT2D eigenvalue weighted by Gasteiger charge is -2.15. The van der Waals surface area contributed by atoms with Crippen molar-refractivity contribution in [2.75, 3.05) is 0 Å². The fourth-order valence-electron chi connectivity index (χ4n) is 2.44. The minimum absolute atomic E-state index is 0.00834. The van der Waals surface area contributed by atoms with E-state index in [1.54, 1.807) is 4.68 Å². The van der Waals surface area contributed by atoms with E-state index >= 15 is 0 Å². The first-order valence-electron chi connectivity index (χ1n) is 6.76. The highest BCUT2D eigenvalue weighted by Gasteiger charge is 2.19. The highest BCUT2D eigenvalue weighted by atomic mass is 15.3. The maximum atomic E-state index is 7.89. The van der Waals surface area contributed by atoms with Crippen LogP contribution in [0.25, 0.3) is 5.82 Å². The Bertz CT molecular complexity index is 656. The molecule has 2 aromatic heterocycles. The molecule has 0 bridgehead atoms. The van der Waals surface area contributed by atoms with E-state index in [1.807, 2.05) is 33.8 Å². The lowest BCUT2D eigenvalue weighted by atomic mass is 10.0. The Morgan fingerprint density at radius 3 is 2.40 bits per heavy atom. The fraction of sp³-hybridized carbons (Fsp3) is 0.429. The molecule has 0 aliphatic heterocycles. The monoisotopic (exact) mass is 272 g/mol. The molecule has 0 aromatic carbocycles. The molecule has 6 heteroatoms. The van der Waals surface area contributed by atoms with Gasteiger partial charge in [0.25, 0.3) is 0 Å². The van der Waals surface area contributed by atoms with E-state index < -0.39 is 0 Å². The second-order valence-corrected chi connectivity index (χ2v) is 4.78. The van der Waals surface area contributed by atoms with Gasteiger partial charge in [0.15, 0.2) is 5.82 Å². The first-order chi connectivity index (χ1) is 9.49. The predicted octanol–water partition coefficient (Wildman–Crippen LogP) is 1.69. The summed E-state index contributed by atoms with van der Waals surface area (Å²) in [6.07, 6.45) is 1.54. The molecule has 106 valence electrons. The van der Waals surface area contributed by atoms with Gasteiger partial charge in [-0.3, -0.25) is 5.41 Å². The summed E-state index contributed by atoms with van der Waals surface area (Å²) in [5, 5.41) is 20.8. The summed E-state index contributed by atoms with van der Waals surface area (Å²) in [6, 6.07) is 1.96. The van der Waals surface area contributed by atoms with Gasteiger partial charge in [0.05, 0.1) is 17.0 Å². The van der Waals surface area contributed by atoms with Crippen LogP contribution in [-0.4, -0.2) is 25.8 Å². The zero-order valence-electron chi connectivity index (χ0n) is 12.4. The van der Waals surface area contributed by atoms with Crippen molar-refractivity contribution in [3.8, 4) is 5.82 Å². The number of nitrogens with zero attached hydrogens (tertiary/aromatic N) is 4. The van der Waals surface area contributed by atoms with Crippen LogP contribution < -0.4 is 5.73 Å². The SMILES string of the molecule is CCc1nnc(-n2nc(C)cc2C)c(C(=N)N)c1CC. The van der Waals surface area contributed by atoms with E-state index in [0.717, 1.165) is 35.5 Å². The lowest BCUT2D eigenvalue weighted by Crippen LogP contribution is -2.22. The molecule has 3 N–H and O–H groups in total. The molecule has 0 radical (unpaired) electrons. The van der Waals surface area contributed by atoms with Crippen LogP contribution in [0.3, 0.4) is 0 Å². The molecule has 6 nitrogen and oxygen atoms in total. The molecule has 0 fully saturated rings. The van der Waals surface area contributed by atoms with E-state index in [-0.39, 0.29) is 5.84 Å². The van der Waals surface area contributed by atoms with Gasteiger partial charge in [-0.2, -0.15) is 10.2 Å². The van der Waals surface area contributed by atoms with Gasteiger partial charge in [0.1, 0.15) is 5.84 Å². The summed E-state index contributed by atoms with van der Waals surface area (Å²) in [6.45, 7) is 7.93. The highest BCUT2D eigenvalue weighted by Crippen LogP contribution is 2.21. The number of amidine groups is 1. The van der Waals surface area contributed by atoms with Crippen LogP contribution in [0.15, 0.2) is 6.07 Å². The van der Waals surface area contributed by atoms with Crippen LogP contribution in [0.1, 0.15) is 42.1 Å². The van der Waals surface area contributed by atoms with Crippen LogP contribution in [0.4, 0.5) is 0 Å². The Morgan fingerprint density at radius 2 is 1.95 bits per heavy atom. The lowest BCUT2D eigenvalue weighted by molar-refractivity contribution is 0.756. The number of aryl methyl sites for hydroxylation is 3. The number of nitrogens with one attached hydrogen (secondary N) is 1. The Kier molecular flexibility index (Phi) is 3.83. The minimum atomic E-state index is 0.00834. The molecule has 0 spiro atoms. The average molecular weight is 272 g/mol. The summed E-state index contributed by atoms with van der Waals surface area (Å²) < 4.78 is 1.71. The van der Waals surface area contributed by atoms with Crippen molar-refractivity contribution in [2.24, 2.45) is 5.73 Å². The van der Waals surface area contributed by atoms with Crippen molar-refractivity contribution in [1.82, 2.24) is 20.0 Å². The van der Waals surface area contributed by atoms with E-state index in [9.17, 15) is 0 Å². The number of nitrogens with two attached hydrogens (primary N) is 1. The molecule has 0 amide bonds. The molecule has 0 atom stereocenters. The smallest absolute Gasteiger partial charge is 0.187 e. The van der Waals surface area contributed by atoms with E-state index in [4.69, 9.17) is 11.1 Å². The van der Waals surface area contributed by atoms with E-state index in [0.29, 0.717) is 11.4 Å². The van der Waals surface area contributed by atoms with Gasteiger partial charge < -0.3 is 5.73 Å². The standard InChI is InChI=1S/C14H20N6/c1-5-10-11(6-2)17-18-14(12(10)13(15)16)20-9(4)7-8(3)19-20/h7H,5-6H2,1-4H3,(H3,15,16). The largest absolute Gasteiger partial charge is 0.384 e. The molecule has 0 aliphatic carbocycles. The molecule has 20 heavy (non-hydrogen) atoms. The third-order valence-electron chi connectivity index (χ3n) is 3.31. The Balaban J connectivity index is 2.77. The van der Waals surface area contributed by atoms with Crippen LogP contribution in [0.2, 0.25) is 0 Å². The molecular weight excluding hydrogens is 252 g/mol. The molecule has 2 rings (SSSR count). The second kappa shape index (κ2) is 5.40. The zero-order chi connectivity index (χ0) is 14.9. The van der Waals surface area contributed by atoms with Crippen molar-refractivity contribution in [1.29, 1.82) is 5.41 Å². The first-order valence-corrected chi connectivity index (χ1v) is 6.76. The van der Waals surface area contributed by atoms with Gasteiger partial charge in [-0.1, -0.05) is 13.8 Å². The van der Waals surface area contributed by atoms with Gasteiger partial charge in [-0.25, -0.2) is 4.68 Å². The van der Waals surface area contributed by atoms with Crippen molar-refractivity contribution in [3.63, 3.8) is 0 Å². The molecule has 0 unspecified atom stereocenters. The number of rotatable bonds is 4. The second-order valence-electron chi connectivity index (χ2n) is 4.78. The molecule has 0 saturated carbocycles. The van der Waals surface area contributed by atoms with Crippen LogP contribution in [0, 0.1) is 19.3 Å². The number of hydrogen-bond donors (Lipinski definition) is 2. The quantitative estimate of drug-likeness (QED) is 0.654. The Labute approximate surface area is 118 Å². The fourth-order valence-corrected chi connectivity index (χ4v) is 2.44. The summed E-state index contributed by atoms with van der Waals surface area (Å²) >= 11 is 0. The van der Waals surface area contributed by atoms with Gasteiger partial charge >= 0.3 is 0 Å². The van der Waals surface area contributed by atoms with Crippen LogP contribution >= 0.6 is 0 Å². The maximum absolute atomic E-state index is 7.89. The number of hydrogen-bond acceptors (Lipinski definition) is 4. The Morgan fingerprint density at radius 1 is 1.25 bits per heavy atom. The predicted molar refractivity (Wildman–Crippen MR) is 78.4 cm³/mol. The third-order valence-corrected chi connectivity index (χ3v) is 3.31. The van der Waals surface area contributed by atoms with Gasteiger partial charge in [0.2, 0.25) is 0 Å². The van der Waals surface area contributed by atoms with Crippen LogP contribution in [-0.2, 0) is 12.8 Å². The number of nitrogen functional groups attached to an aromatic ring is 1. The van der Waals surface area contributed by atoms with Crippen molar-refractivity contribution in [2.45, 2.75) is 40.5 Å². The number of aromatic nitrogens is 4. The minimum Gasteiger partial charge on any atom is -0.384 e. The molecular formula is C14H20N6. The van der Waals surface area contributed by atoms with E-state index in [2.05, 4.69) is 15.3 Å². The summed E-state index contributed by atoms with van der Waals surface area (Å²) in [5.74, 6) is 0.547. The molecule has 2 heterocycles. The third kappa shape index (κ3) is 2.29. The molecule has 0 saturated heterocycles. The van der Waals surface area contributed by atoms with E-state index in [1.165, 1.54) is 0 Å².